The summed E-state index contributed by atoms with van der Waals surface area (Å²) in [6.07, 6.45) is 2.70. The standard InChI is InChI=1S/C14H21N3O3S/c1-10-4-5-12(17-11(2)18)8-13(10)21(19,20)16-9-14(15)6-3-7-14/h4-5,8,16H,3,6-7,9,15H2,1-2H3,(H,17,18). The predicted octanol–water partition coefficient (Wildman–Crippen LogP) is 1.11. The fraction of sp³-hybridized carbons (Fsp3) is 0.500. The number of anilines is 1. The molecule has 0 bridgehead atoms. The SMILES string of the molecule is CC(=O)Nc1ccc(C)c(S(=O)(=O)NCC2(N)CCC2)c1. The molecule has 0 radical (unpaired) electrons. The summed E-state index contributed by atoms with van der Waals surface area (Å²) in [4.78, 5) is 11.2. The Morgan fingerprint density at radius 3 is 2.57 bits per heavy atom. The highest BCUT2D eigenvalue weighted by Gasteiger charge is 2.34. The number of rotatable bonds is 5. The topological polar surface area (TPSA) is 101 Å². The Bertz CT molecular complexity index is 651. The summed E-state index contributed by atoms with van der Waals surface area (Å²) in [6, 6.07) is 4.80. The van der Waals surface area contributed by atoms with E-state index in [1.807, 2.05) is 0 Å². The van der Waals surface area contributed by atoms with Gasteiger partial charge in [0.05, 0.1) is 4.90 Å². The number of amides is 1. The fourth-order valence-electron chi connectivity index (χ4n) is 2.29. The Balaban J connectivity index is 2.19. The van der Waals surface area contributed by atoms with Gasteiger partial charge >= 0.3 is 0 Å². The minimum atomic E-state index is -3.64. The first kappa shape index (κ1) is 15.9. The number of carbonyl (C=O) groups excluding carboxylic acids is 1. The van der Waals surface area contributed by atoms with Gasteiger partial charge in [-0.1, -0.05) is 6.07 Å². The van der Waals surface area contributed by atoms with Crippen LogP contribution >= 0.6 is 0 Å². The number of nitrogens with two attached hydrogens (primary N) is 1. The molecule has 1 amide bonds. The predicted molar refractivity (Wildman–Crippen MR) is 81.4 cm³/mol. The van der Waals surface area contributed by atoms with Crippen LogP contribution in [0.15, 0.2) is 23.1 Å². The molecule has 116 valence electrons. The first-order chi connectivity index (χ1) is 9.72. The fourth-order valence-corrected chi connectivity index (χ4v) is 3.70. The molecular formula is C14H21N3O3S. The van der Waals surface area contributed by atoms with Gasteiger partial charge in [-0.25, -0.2) is 13.1 Å². The number of carbonyl (C=O) groups is 1. The van der Waals surface area contributed by atoms with E-state index in [0.29, 0.717) is 11.3 Å². The first-order valence-corrected chi connectivity index (χ1v) is 8.37. The first-order valence-electron chi connectivity index (χ1n) is 6.89. The van der Waals surface area contributed by atoms with Crippen molar-refractivity contribution in [2.24, 2.45) is 5.73 Å². The second kappa shape index (κ2) is 5.75. The third-order valence-electron chi connectivity index (χ3n) is 3.76. The van der Waals surface area contributed by atoms with Crippen LogP contribution in [-0.2, 0) is 14.8 Å². The second-order valence-electron chi connectivity index (χ2n) is 5.70. The van der Waals surface area contributed by atoms with Gasteiger partial charge in [0.25, 0.3) is 0 Å². The minimum absolute atomic E-state index is 0.164. The maximum atomic E-state index is 12.4. The van der Waals surface area contributed by atoms with Crippen molar-refractivity contribution in [1.82, 2.24) is 4.72 Å². The molecule has 0 unspecified atom stereocenters. The summed E-state index contributed by atoms with van der Waals surface area (Å²) in [5.41, 5.74) is 6.70. The summed E-state index contributed by atoms with van der Waals surface area (Å²) >= 11 is 0. The molecule has 0 heterocycles. The van der Waals surface area contributed by atoms with E-state index in [0.717, 1.165) is 19.3 Å². The molecule has 0 saturated heterocycles. The Morgan fingerprint density at radius 2 is 2.05 bits per heavy atom. The Kier molecular flexibility index (Phi) is 4.36. The summed E-state index contributed by atoms with van der Waals surface area (Å²) < 4.78 is 27.4. The zero-order valence-corrected chi connectivity index (χ0v) is 13.1. The van der Waals surface area contributed by atoms with Crippen LogP contribution in [0, 0.1) is 6.92 Å². The Morgan fingerprint density at radius 1 is 1.38 bits per heavy atom. The van der Waals surface area contributed by atoms with E-state index in [2.05, 4.69) is 10.0 Å². The monoisotopic (exact) mass is 311 g/mol. The number of hydrogen-bond donors (Lipinski definition) is 3. The largest absolute Gasteiger partial charge is 0.326 e. The lowest BCUT2D eigenvalue weighted by Crippen LogP contribution is -2.54. The van der Waals surface area contributed by atoms with Gasteiger partial charge in [-0.2, -0.15) is 0 Å². The highest BCUT2D eigenvalue weighted by atomic mass is 32.2. The zero-order chi connectivity index (χ0) is 15.7. The summed E-state index contributed by atoms with van der Waals surface area (Å²) in [5, 5.41) is 2.58. The summed E-state index contributed by atoms with van der Waals surface area (Å²) in [6.45, 7) is 3.33. The quantitative estimate of drug-likeness (QED) is 0.758. The van der Waals surface area contributed by atoms with Crippen molar-refractivity contribution in [3.63, 3.8) is 0 Å². The average molecular weight is 311 g/mol. The van der Waals surface area contributed by atoms with Gasteiger partial charge < -0.3 is 11.1 Å². The molecule has 4 N–H and O–H groups in total. The molecule has 21 heavy (non-hydrogen) atoms. The second-order valence-corrected chi connectivity index (χ2v) is 7.44. The lowest BCUT2D eigenvalue weighted by molar-refractivity contribution is -0.114. The third-order valence-corrected chi connectivity index (χ3v) is 5.30. The van der Waals surface area contributed by atoms with E-state index in [9.17, 15) is 13.2 Å². The van der Waals surface area contributed by atoms with Crippen molar-refractivity contribution in [3.05, 3.63) is 23.8 Å². The van der Waals surface area contributed by atoms with Crippen LogP contribution in [0.4, 0.5) is 5.69 Å². The van der Waals surface area contributed by atoms with Crippen LogP contribution in [0.2, 0.25) is 0 Å². The van der Waals surface area contributed by atoms with E-state index in [1.165, 1.54) is 13.0 Å². The molecule has 2 rings (SSSR count). The Hall–Kier alpha value is -1.44. The van der Waals surface area contributed by atoms with Gasteiger partial charge in [0.15, 0.2) is 0 Å². The van der Waals surface area contributed by atoms with Crippen LogP contribution in [0.3, 0.4) is 0 Å². The number of aryl methyl sites for hydroxylation is 1. The zero-order valence-electron chi connectivity index (χ0n) is 12.3. The molecule has 1 aliphatic carbocycles. The molecule has 0 atom stereocenters. The van der Waals surface area contributed by atoms with Gasteiger partial charge in [0.1, 0.15) is 0 Å². The van der Waals surface area contributed by atoms with E-state index in [-0.39, 0.29) is 17.3 Å². The lowest BCUT2D eigenvalue weighted by Gasteiger charge is -2.38. The molecule has 1 fully saturated rings. The van der Waals surface area contributed by atoms with E-state index < -0.39 is 15.6 Å². The van der Waals surface area contributed by atoms with Gasteiger partial charge in [0, 0.05) is 24.7 Å². The number of benzene rings is 1. The Labute approximate surface area is 125 Å². The molecule has 0 aliphatic heterocycles. The minimum Gasteiger partial charge on any atom is -0.326 e. The maximum absolute atomic E-state index is 12.4. The van der Waals surface area contributed by atoms with Crippen molar-refractivity contribution in [3.8, 4) is 0 Å². The summed E-state index contributed by atoms with van der Waals surface area (Å²) in [5.74, 6) is -0.245. The van der Waals surface area contributed by atoms with Crippen LogP contribution in [0.5, 0.6) is 0 Å². The summed E-state index contributed by atoms with van der Waals surface area (Å²) in [7, 11) is -3.64. The smallest absolute Gasteiger partial charge is 0.240 e. The highest BCUT2D eigenvalue weighted by molar-refractivity contribution is 7.89. The van der Waals surface area contributed by atoms with Gasteiger partial charge in [-0.15, -0.1) is 0 Å². The number of hydrogen-bond acceptors (Lipinski definition) is 4. The van der Waals surface area contributed by atoms with Crippen LogP contribution < -0.4 is 15.8 Å². The van der Waals surface area contributed by atoms with Crippen molar-refractivity contribution in [1.29, 1.82) is 0 Å². The van der Waals surface area contributed by atoms with Gasteiger partial charge in [-0.05, 0) is 43.9 Å². The molecular weight excluding hydrogens is 290 g/mol. The van der Waals surface area contributed by atoms with Gasteiger partial charge in [0.2, 0.25) is 15.9 Å². The van der Waals surface area contributed by atoms with Crippen molar-refractivity contribution < 1.29 is 13.2 Å². The molecule has 1 aliphatic rings. The van der Waals surface area contributed by atoms with Gasteiger partial charge in [-0.3, -0.25) is 4.79 Å². The average Bonchev–Trinajstić information content (AvgIpc) is 2.36. The molecule has 0 spiro atoms. The van der Waals surface area contributed by atoms with Crippen molar-refractivity contribution in [2.45, 2.75) is 43.5 Å². The molecule has 1 aromatic rings. The molecule has 0 aromatic heterocycles. The maximum Gasteiger partial charge on any atom is 0.240 e. The normalized spacial score (nSPS) is 17.1. The van der Waals surface area contributed by atoms with E-state index in [4.69, 9.17) is 5.73 Å². The van der Waals surface area contributed by atoms with Crippen LogP contribution in [0.25, 0.3) is 0 Å². The van der Waals surface area contributed by atoms with Crippen LogP contribution in [0.1, 0.15) is 31.7 Å². The van der Waals surface area contributed by atoms with Crippen LogP contribution in [-0.4, -0.2) is 26.4 Å². The lowest BCUT2D eigenvalue weighted by atomic mass is 9.78. The highest BCUT2D eigenvalue weighted by Crippen LogP contribution is 2.29. The van der Waals surface area contributed by atoms with Crippen molar-refractivity contribution >= 4 is 21.6 Å². The molecule has 1 saturated carbocycles. The third kappa shape index (κ3) is 3.81. The molecule has 7 heteroatoms. The van der Waals surface area contributed by atoms with E-state index >= 15 is 0 Å². The van der Waals surface area contributed by atoms with E-state index in [1.54, 1.807) is 19.1 Å². The number of sulfonamides is 1. The molecule has 6 nitrogen and oxygen atoms in total. The molecule has 1 aromatic carbocycles. The number of nitrogens with one attached hydrogen (secondary N) is 2. The van der Waals surface area contributed by atoms with Crippen molar-refractivity contribution in [2.75, 3.05) is 11.9 Å².